The van der Waals surface area contributed by atoms with Crippen LogP contribution in [0.25, 0.3) is 0 Å². The largest absolute Gasteiger partial charge is 0.495 e. The molecule has 0 saturated heterocycles. The molecule has 1 atom stereocenters. The Morgan fingerprint density at radius 3 is 2.29 bits per heavy atom. The average molecular weight is 472 g/mol. The third kappa shape index (κ3) is 6.77. The number of methoxy groups -OCH3 is 3. The average Bonchev–Trinajstić information content (AvgIpc) is 2.86. The van der Waals surface area contributed by atoms with Crippen LogP contribution in [0.4, 0.5) is 10.1 Å². The minimum atomic E-state index is -0.600. The van der Waals surface area contributed by atoms with Gasteiger partial charge in [0.1, 0.15) is 12.4 Å². The molecule has 7 heteroatoms. The van der Waals surface area contributed by atoms with E-state index in [1.165, 1.54) is 0 Å². The maximum atomic E-state index is 12.4. The van der Waals surface area contributed by atoms with Crippen LogP contribution in [0.2, 0.25) is 0 Å². The van der Waals surface area contributed by atoms with E-state index in [1.807, 2.05) is 36.4 Å². The Morgan fingerprint density at radius 2 is 1.68 bits per heavy atom. The molecule has 0 amide bonds. The van der Waals surface area contributed by atoms with Crippen LogP contribution in [0, 0.1) is 17.2 Å². The number of ether oxygens (including phenoxy) is 3. The van der Waals surface area contributed by atoms with Gasteiger partial charge < -0.3 is 24.8 Å². The van der Waals surface area contributed by atoms with Gasteiger partial charge in [-0.05, 0) is 73.7 Å². The van der Waals surface area contributed by atoms with Gasteiger partial charge >= 0.3 is 0 Å². The van der Waals surface area contributed by atoms with Crippen LogP contribution in [0.15, 0.2) is 36.4 Å². The summed E-state index contributed by atoms with van der Waals surface area (Å²) in [6, 6.07) is 14.3. The maximum Gasteiger partial charge on any atom is 0.161 e. The summed E-state index contributed by atoms with van der Waals surface area (Å²) < 4.78 is 28.7. The van der Waals surface area contributed by atoms with Gasteiger partial charge in [-0.1, -0.05) is 26.0 Å². The monoisotopic (exact) mass is 471 g/mol. The fraction of sp³-hybridized carbons (Fsp3) is 0.519. The zero-order valence-electron chi connectivity index (χ0n) is 21.0. The molecule has 2 aromatic carbocycles. The fourth-order valence-corrected chi connectivity index (χ4v) is 4.20. The highest BCUT2D eigenvalue weighted by Crippen LogP contribution is 2.40. The van der Waals surface area contributed by atoms with Gasteiger partial charge in [-0.25, -0.2) is 4.39 Å². The number of rotatable bonds is 15. The smallest absolute Gasteiger partial charge is 0.161 e. The van der Waals surface area contributed by atoms with Crippen LogP contribution in [0.1, 0.15) is 37.8 Å². The first-order valence-corrected chi connectivity index (χ1v) is 11.8. The van der Waals surface area contributed by atoms with Gasteiger partial charge in [0, 0.05) is 6.54 Å². The fourth-order valence-electron chi connectivity index (χ4n) is 4.20. The second-order valence-corrected chi connectivity index (χ2v) is 8.56. The zero-order valence-corrected chi connectivity index (χ0v) is 21.0. The summed E-state index contributed by atoms with van der Waals surface area (Å²) in [6.45, 7) is 5.65. The molecule has 0 radical (unpaired) electrons. The van der Waals surface area contributed by atoms with Crippen molar-refractivity contribution in [2.24, 2.45) is 5.92 Å². The number of anilines is 1. The first-order valence-electron chi connectivity index (χ1n) is 11.8. The van der Waals surface area contributed by atoms with Crippen molar-refractivity contribution < 1.29 is 18.6 Å². The van der Waals surface area contributed by atoms with Crippen molar-refractivity contribution >= 4 is 5.69 Å². The molecule has 2 aromatic rings. The predicted molar refractivity (Wildman–Crippen MR) is 135 cm³/mol. The van der Waals surface area contributed by atoms with Gasteiger partial charge in [-0.2, -0.15) is 5.26 Å². The van der Waals surface area contributed by atoms with Crippen LogP contribution in [-0.2, 0) is 11.8 Å². The minimum Gasteiger partial charge on any atom is -0.495 e. The van der Waals surface area contributed by atoms with E-state index in [1.54, 1.807) is 21.3 Å². The number of hydrogen-bond acceptors (Lipinski definition) is 6. The Labute approximate surface area is 203 Å². The lowest BCUT2D eigenvalue weighted by molar-refractivity contribution is 0.341. The Balaban J connectivity index is 1.93. The van der Waals surface area contributed by atoms with E-state index in [9.17, 15) is 9.65 Å². The first-order chi connectivity index (χ1) is 16.4. The van der Waals surface area contributed by atoms with Crippen LogP contribution in [0.3, 0.4) is 0 Å². The molecule has 0 spiro atoms. The molecule has 6 nitrogen and oxygen atoms in total. The molecule has 0 aliphatic carbocycles. The highest BCUT2D eigenvalue weighted by molar-refractivity contribution is 5.57. The van der Waals surface area contributed by atoms with E-state index in [0.717, 1.165) is 54.9 Å². The van der Waals surface area contributed by atoms with E-state index < -0.39 is 12.1 Å². The van der Waals surface area contributed by atoms with Gasteiger partial charge in [0.05, 0.1) is 38.5 Å². The van der Waals surface area contributed by atoms with Crippen molar-refractivity contribution in [1.82, 2.24) is 5.32 Å². The summed E-state index contributed by atoms with van der Waals surface area (Å²) in [6.07, 6.45) is 2.46. The Bertz CT molecular complexity index is 945. The second-order valence-electron chi connectivity index (χ2n) is 8.56. The maximum absolute atomic E-state index is 12.4. The van der Waals surface area contributed by atoms with Crippen molar-refractivity contribution in [1.29, 1.82) is 5.26 Å². The van der Waals surface area contributed by atoms with Crippen molar-refractivity contribution in [3.8, 4) is 23.3 Å². The summed E-state index contributed by atoms with van der Waals surface area (Å²) in [5.74, 6) is 2.16. The highest BCUT2D eigenvalue weighted by atomic mass is 19.1. The Hall–Kier alpha value is -2.98. The summed E-state index contributed by atoms with van der Waals surface area (Å²) in [5.41, 5.74) is 2.30. The molecule has 2 N–H and O–H groups in total. The van der Waals surface area contributed by atoms with E-state index >= 15 is 0 Å². The number of hydrogen-bond donors (Lipinski definition) is 2. The van der Waals surface area contributed by atoms with Crippen molar-refractivity contribution in [2.75, 3.05) is 53.0 Å². The van der Waals surface area contributed by atoms with Crippen LogP contribution in [-0.4, -0.2) is 47.6 Å². The lowest BCUT2D eigenvalue weighted by Gasteiger charge is -2.32. The van der Waals surface area contributed by atoms with Crippen LogP contribution >= 0.6 is 0 Å². The first kappa shape index (κ1) is 27.3. The molecule has 1 unspecified atom stereocenters. The minimum absolute atomic E-state index is 0.146. The molecule has 34 heavy (non-hydrogen) atoms. The van der Waals surface area contributed by atoms with Gasteiger partial charge in [-0.15, -0.1) is 0 Å². The topological polar surface area (TPSA) is 75.5 Å². The Kier molecular flexibility index (Phi) is 11.0. The third-order valence-electron chi connectivity index (χ3n) is 6.27. The number of benzene rings is 2. The summed E-state index contributed by atoms with van der Waals surface area (Å²) in [7, 11) is 4.84. The van der Waals surface area contributed by atoms with E-state index in [4.69, 9.17) is 14.2 Å². The van der Waals surface area contributed by atoms with Crippen LogP contribution in [0.5, 0.6) is 17.2 Å². The van der Waals surface area contributed by atoms with Gasteiger partial charge in [0.15, 0.2) is 11.5 Å². The normalized spacial score (nSPS) is 12.6. The van der Waals surface area contributed by atoms with E-state index in [2.05, 4.69) is 30.6 Å². The molecule has 0 saturated carbocycles. The molecular formula is C27H38FN3O3. The molecule has 0 fully saturated rings. The molecule has 186 valence electrons. The predicted octanol–water partition coefficient (Wildman–Crippen LogP) is 5.12. The summed E-state index contributed by atoms with van der Waals surface area (Å²) in [5, 5.41) is 16.7. The van der Waals surface area contributed by atoms with Crippen molar-refractivity contribution in [2.45, 2.75) is 38.5 Å². The summed E-state index contributed by atoms with van der Waals surface area (Å²) in [4.78, 5) is 0. The molecule has 0 aliphatic heterocycles. The lowest BCUT2D eigenvalue weighted by Crippen LogP contribution is -2.32. The zero-order chi connectivity index (χ0) is 25.0. The van der Waals surface area contributed by atoms with Crippen molar-refractivity contribution in [3.63, 3.8) is 0 Å². The van der Waals surface area contributed by atoms with Crippen molar-refractivity contribution in [3.05, 3.63) is 47.5 Å². The molecule has 2 rings (SSSR count). The number of nitriles is 1. The number of nitrogens with zero attached hydrogens (tertiary/aromatic N) is 1. The standard InChI is InChI=1S/C27H38FN3O3/c1-20(2)27(19-29,22-8-10-24(32-3)26(18-22)34-5)12-6-14-30-15-11-21-7-9-23(31-16-13-28)25(17-21)33-4/h7-10,17-18,20,30-31H,6,11-16H2,1-5H3. The van der Waals surface area contributed by atoms with Gasteiger partial charge in [0.2, 0.25) is 0 Å². The van der Waals surface area contributed by atoms with E-state index in [0.29, 0.717) is 11.5 Å². The Morgan fingerprint density at radius 1 is 0.941 bits per heavy atom. The number of nitrogens with one attached hydrogen (secondary N) is 2. The van der Waals surface area contributed by atoms with Gasteiger partial charge in [0.25, 0.3) is 0 Å². The number of halogens is 1. The molecule has 0 aliphatic rings. The summed E-state index contributed by atoms with van der Waals surface area (Å²) >= 11 is 0. The lowest BCUT2D eigenvalue weighted by atomic mass is 9.70. The second kappa shape index (κ2) is 13.7. The molecule has 0 heterocycles. The molecular weight excluding hydrogens is 433 g/mol. The van der Waals surface area contributed by atoms with Crippen LogP contribution < -0.4 is 24.8 Å². The van der Waals surface area contributed by atoms with E-state index in [-0.39, 0.29) is 12.5 Å². The molecule has 0 bridgehead atoms. The third-order valence-corrected chi connectivity index (χ3v) is 6.27. The SMILES string of the molecule is COc1cc(CCNCCCC(C#N)(c2ccc(OC)c(OC)c2)C(C)C)ccc1NCCF. The molecule has 0 aromatic heterocycles. The quantitative estimate of drug-likeness (QED) is 0.351. The van der Waals surface area contributed by atoms with Gasteiger partial charge in [-0.3, -0.25) is 0 Å². The number of alkyl halides is 1. The highest BCUT2D eigenvalue weighted by Gasteiger charge is 2.36.